The second kappa shape index (κ2) is 11.3. The van der Waals surface area contributed by atoms with E-state index < -0.39 is 0 Å². The molecule has 156 valence electrons. The van der Waals surface area contributed by atoms with Crippen molar-refractivity contribution in [2.75, 3.05) is 25.1 Å². The predicted octanol–water partition coefficient (Wildman–Crippen LogP) is 5.95. The van der Waals surface area contributed by atoms with Crippen LogP contribution in [-0.4, -0.2) is 25.7 Å². The molecule has 0 fully saturated rings. The van der Waals surface area contributed by atoms with Crippen molar-refractivity contribution < 1.29 is 19.0 Å². The third-order valence-corrected chi connectivity index (χ3v) is 4.73. The minimum absolute atomic E-state index is 0.206. The molecule has 3 aromatic rings. The molecule has 3 rings (SSSR count). The number of carbonyl (C=O) groups excluding carboxylic acids is 1. The number of carbonyl (C=O) groups is 1. The number of rotatable bonds is 10. The average Bonchev–Trinajstić information content (AvgIpc) is 2.77. The van der Waals surface area contributed by atoms with Gasteiger partial charge in [0.2, 0.25) is 0 Å². The van der Waals surface area contributed by atoms with E-state index in [2.05, 4.69) is 21.2 Å². The second-order valence-electron chi connectivity index (χ2n) is 6.49. The Morgan fingerprint density at radius 3 is 2.30 bits per heavy atom. The highest BCUT2D eigenvalue weighted by molar-refractivity contribution is 9.10. The highest BCUT2D eigenvalue weighted by Gasteiger charge is 2.10. The van der Waals surface area contributed by atoms with Gasteiger partial charge >= 0.3 is 0 Å². The van der Waals surface area contributed by atoms with Crippen LogP contribution in [-0.2, 0) is 0 Å². The molecule has 30 heavy (non-hydrogen) atoms. The van der Waals surface area contributed by atoms with Gasteiger partial charge in [0.05, 0.1) is 11.1 Å². The van der Waals surface area contributed by atoms with Crippen LogP contribution in [0.15, 0.2) is 77.3 Å². The summed E-state index contributed by atoms with van der Waals surface area (Å²) < 4.78 is 17.7. The van der Waals surface area contributed by atoms with Crippen LogP contribution in [0, 0.1) is 0 Å². The van der Waals surface area contributed by atoms with Gasteiger partial charge in [-0.15, -0.1) is 0 Å². The Morgan fingerprint density at radius 1 is 0.833 bits per heavy atom. The van der Waals surface area contributed by atoms with E-state index in [0.29, 0.717) is 36.8 Å². The molecule has 0 aliphatic rings. The number of hydrogen-bond acceptors (Lipinski definition) is 4. The molecule has 0 aromatic heterocycles. The van der Waals surface area contributed by atoms with E-state index >= 15 is 0 Å². The first kappa shape index (κ1) is 21.7. The molecular weight excluding hydrogens is 446 g/mol. The van der Waals surface area contributed by atoms with Gasteiger partial charge in [0.1, 0.15) is 30.5 Å². The lowest BCUT2D eigenvalue weighted by atomic mass is 10.2. The maximum atomic E-state index is 12.6. The van der Waals surface area contributed by atoms with Crippen molar-refractivity contribution in [1.29, 1.82) is 0 Å². The van der Waals surface area contributed by atoms with E-state index in [0.717, 1.165) is 22.4 Å². The summed E-state index contributed by atoms with van der Waals surface area (Å²) in [6.45, 7) is 3.51. The van der Waals surface area contributed by atoms with Crippen LogP contribution < -0.4 is 19.5 Å². The maximum absolute atomic E-state index is 12.6. The van der Waals surface area contributed by atoms with E-state index in [4.69, 9.17) is 14.2 Å². The van der Waals surface area contributed by atoms with Gasteiger partial charge < -0.3 is 19.5 Å². The van der Waals surface area contributed by atoms with E-state index in [-0.39, 0.29) is 5.91 Å². The predicted molar refractivity (Wildman–Crippen MR) is 122 cm³/mol. The fourth-order valence-electron chi connectivity index (χ4n) is 2.67. The summed E-state index contributed by atoms with van der Waals surface area (Å²) in [5.74, 6) is 1.98. The molecule has 1 N–H and O–H groups in total. The number of anilines is 1. The molecule has 5 nitrogen and oxygen atoms in total. The number of para-hydroxylation sites is 1. The molecule has 0 atom stereocenters. The topological polar surface area (TPSA) is 56.8 Å². The van der Waals surface area contributed by atoms with Crippen molar-refractivity contribution in [2.45, 2.75) is 13.3 Å². The van der Waals surface area contributed by atoms with Gasteiger partial charge in [0, 0.05) is 17.3 Å². The molecule has 0 radical (unpaired) electrons. The lowest BCUT2D eigenvalue weighted by Gasteiger charge is -2.11. The Balaban J connectivity index is 1.53. The Labute approximate surface area is 185 Å². The summed E-state index contributed by atoms with van der Waals surface area (Å²) in [4.78, 5) is 12.6. The largest absolute Gasteiger partial charge is 0.492 e. The molecule has 1 amide bonds. The highest BCUT2D eigenvalue weighted by atomic mass is 79.9. The molecular formula is C24H24BrNO4. The van der Waals surface area contributed by atoms with Crippen molar-refractivity contribution in [3.63, 3.8) is 0 Å². The van der Waals surface area contributed by atoms with Crippen molar-refractivity contribution in [3.8, 4) is 17.2 Å². The Kier molecular flexibility index (Phi) is 8.15. The summed E-state index contributed by atoms with van der Waals surface area (Å²) in [6.07, 6.45) is 0.922. The minimum atomic E-state index is -0.206. The molecule has 0 saturated carbocycles. The summed E-state index contributed by atoms with van der Waals surface area (Å²) >= 11 is 3.46. The number of amides is 1. The summed E-state index contributed by atoms with van der Waals surface area (Å²) in [6, 6.07) is 22.2. The van der Waals surface area contributed by atoms with Crippen LogP contribution in [0.4, 0.5) is 5.69 Å². The number of hydrogen-bond donors (Lipinski definition) is 1. The van der Waals surface area contributed by atoms with Gasteiger partial charge in [0.25, 0.3) is 5.91 Å². The zero-order valence-electron chi connectivity index (χ0n) is 16.8. The van der Waals surface area contributed by atoms with E-state index in [1.165, 1.54) is 0 Å². The monoisotopic (exact) mass is 469 g/mol. The number of halogens is 1. The van der Waals surface area contributed by atoms with Crippen molar-refractivity contribution in [2.24, 2.45) is 0 Å². The van der Waals surface area contributed by atoms with E-state index in [1.807, 2.05) is 55.5 Å². The first-order valence-corrected chi connectivity index (χ1v) is 10.6. The summed E-state index contributed by atoms with van der Waals surface area (Å²) in [7, 11) is 0. The Hall–Kier alpha value is -2.99. The van der Waals surface area contributed by atoms with Crippen LogP contribution in [0.25, 0.3) is 0 Å². The maximum Gasteiger partial charge on any atom is 0.255 e. The molecule has 0 heterocycles. The molecule has 0 unspecified atom stereocenters. The molecule has 0 bridgehead atoms. The van der Waals surface area contributed by atoms with Gasteiger partial charge in [-0.05, 0) is 64.8 Å². The van der Waals surface area contributed by atoms with Crippen molar-refractivity contribution in [1.82, 2.24) is 0 Å². The molecule has 0 aliphatic carbocycles. The lowest BCUT2D eigenvalue weighted by molar-refractivity contribution is 0.102. The minimum Gasteiger partial charge on any atom is -0.492 e. The molecule has 0 aliphatic heterocycles. The molecule has 0 spiro atoms. The Morgan fingerprint density at radius 2 is 1.57 bits per heavy atom. The first-order valence-electron chi connectivity index (χ1n) is 9.80. The zero-order valence-corrected chi connectivity index (χ0v) is 18.4. The average molecular weight is 470 g/mol. The number of ether oxygens (including phenoxy) is 3. The fraction of sp³-hybridized carbons (Fsp3) is 0.208. The van der Waals surface area contributed by atoms with Gasteiger partial charge in [-0.2, -0.15) is 0 Å². The van der Waals surface area contributed by atoms with Gasteiger partial charge in [0.15, 0.2) is 0 Å². The molecule has 3 aromatic carbocycles. The van der Waals surface area contributed by atoms with Crippen LogP contribution in [0.2, 0.25) is 0 Å². The van der Waals surface area contributed by atoms with Crippen LogP contribution in [0.1, 0.15) is 23.7 Å². The smallest absolute Gasteiger partial charge is 0.255 e. The van der Waals surface area contributed by atoms with Gasteiger partial charge in [-0.3, -0.25) is 4.79 Å². The lowest BCUT2D eigenvalue weighted by Crippen LogP contribution is -2.12. The van der Waals surface area contributed by atoms with Crippen molar-refractivity contribution in [3.05, 3.63) is 82.8 Å². The quantitative estimate of drug-likeness (QED) is 0.372. The molecule has 0 saturated heterocycles. The zero-order chi connectivity index (χ0) is 21.2. The van der Waals surface area contributed by atoms with Crippen LogP contribution in [0.3, 0.4) is 0 Å². The van der Waals surface area contributed by atoms with Gasteiger partial charge in [-0.1, -0.05) is 31.2 Å². The SMILES string of the molecule is CCCOc1ccc(C(=O)Nc2cccc(OCCOc3ccccc3)c2)cc1Br. The number of benzene rings is 3. The van der Waals surface area contributed by atoms with E-state index in [1.54, 1.807) is 24.3 Å². The third-order valence-electron chi connectivity index (χ3n) is 4.11. The third kappa shape index (κ3) is 6.52. The first-order chi connectivity index (χ1) is 14.7. The standard InChI is InChI=1S/C24H24BrNO4/c1-2-13-30-23-12-11-18(16-22(23)25)24(27)26-19-7-6-10-21(17-19)29-15-14-28-20-8-4-3-5-9-20/h3-12,16-17H,2,13-15H2,1H3,(H,26,27). The highest BCUT2D eigenvalue weighted by Crippen LogP contribution is 2.27. The van der Waals surface area contributed by atoms with Crippen LogP contribution in [0.5, 0.6) is 17.2 Å². The Bertz CT molecular complexity index is 962. The summed E-state index contributed by atoms with van der Waals surface area (Å²) in [5.41, 5.74) is 1.19. The number of nitrogens with one attached hydrogen (secondary N) is 1. The van der Waals surface area contributed by atoms with Crippen molar-refractivity contribution >= 4 is 27.5 Å². The van der Waals surface area contributed by atoms with Gasteiger partial charge in [-0.25, -0.2) is 0 Å². The summed E-state index contributed by atoms with van der Waals surface area (Å²) in [5, 5.41) is 2.89. The van der Waals surface area contributed by atoms with Crippen LogP contribution >= 0.6 is 15.9 Å². The second-order valence-corrected chi connectivity index (χ2v) is 7.34. The normalized spacial score (nSPS) is 10.3. The fourth-order valence-corrected chi connectivity index (χ4v) is 3.17. The molecule has 6 heteroatoms. The van der Waals surface area contributed by atoms with E-state index in [9.17, 15) is 4.79 Å².